The molecule has 170 valence electrons. The lowest BCUT2D eigenvalue weighted by Gasteiger charge is -2.07. The molecule has 0 saturated heterocycles. The van der Waals surface area contributed by atoms with E-state index in [1.807, 2.05) is 52.0 Å². The lowest BCUT2D eigenvalue weighted by atomic mass is 10.0. The summed E-state index contributed by atoms with van der Waals surface area (Å²) in [6.45, 7) is 15.4. The Hall–Kier alpha value is -3.21. The van der Waals surface area contributed by atoms with Crippen LogP contribution in [0, 0.1) is 12.8 Å². The SMILES string of the molecule is C=C(C)C(C)C(=O)NC.CC.CC(=O)c1ccc(-c2ccc(C)cc2)cc1.COC=O. The maximum atomic E-state index is 11.1. The zero-order valence-corrected chi connectivity index (χ0v) is 20.1. The van der Waals surface area contributed by atoms with Crippen molar-refractivity contribution in [2.45, 2.75) is 41.5 Å². The van der Waals surface area contributed by atoms with Crippen molar-refractivity contribution in [3.8, 4) is 11.1 Å². The minimum Gasteiger partial charge on any atom is -0.471 e. The topological polar surface area (TPSA) is 72.5 Å². The molecule has 31 heavy (non-hydrogen) atoms. The number of nitrogens with one attached hydrogen (secondary N) is 1. The molecule has 0 heterocycles. The highest BCUT2D eigenvalue weighted by molar-refractivity contribution is 5.94. The van der Waals surface area contributed by atoms with Gasteiger partial charge in [-0.2, -0.15) is 0 Å². The minimum atomic E-state index is -0.0602. The number of ether oxygens (including phenoxy) is 1. The zero-order chi connectivity index (χ0) is 24.4. The molecule has 2 aromatic carbocycles. The summed E-state index contributed by atoms with van der Waals surface area (Å²) in [5.74, 6) is 0.0768. The Labute approximate surface area is 187 Å². The van der Waals surface area contributed by atoms with E-state index in [0.717, 1.165) is 16.7 Å². The molecule has 0 aliphatic carbocycles. The van der Waals surface area contributed by atoms with Crippen molar-refractivity contribution >= 4 is 18.2 Å². The summed E-state index contributed by atoms with van der Waals surface area (Å²) < 4.78 is 3.86. The summed E-state index contributed by atoms with van der Waals surface area (Å²) in [5, 5.41) is 2.55. The average molecular weight is 428 g/mol. The monoisotopic (exact) mass is 427 g/mol. The number of aryl methyl sites for hydroxylation is 1. The lowest BCUT2D eigenvalue weighted by Crippen LogP contribution is -2.25. The maximum absolute atomic E-state index is 11.1. The van der Waals surface area contributed by atoms with Gasteiger partial charge in [0.05, 0.1) is 13.0 Å². The molecule has 2 aromatic rings. The average Bonchev–Trinajstić information content (AvgIpc) is 2.80. The number of carbonyl (C=O) groups is 3. The first-order valence-electron chi connectivity index (χ1n) is 10.2. The fraction of sp³-hybridized carbons (Fsp3) is 0.346. The number of amides is 1. The molecule has 2 rings (SSSR count). The molecule has 0 aliphatic heterocycles. The first-order chi connectivity index (χ1) is 14.7. The standard InChI is InChI=1S/C15H14O.C7H13NO.C2H4O2.C2H6/c1-11-3-5-14(6-4-11)15-9-7-13(8-10-15)12(2)16;1-5(2)6(3)7(9)8-4;1-4-2-3;1-2/h3-10H,1-2H3;6H,1H2,2-4H3,(H,8,9);2H,1H3;1-2H3. The van der Waals surface area contributed by atoms with Crippen LogP contribution in [0.25, 0.3) is 11.1 Å². The summed E-state index contributed by atoms with van der Waals surface area (Å²) >= 11 is 0. The molecule has 5 heteroatoms. The van der Waals surface area contributed by atoms with Crippen molar-refractivity contribution < 1.29 is 19.1 Å². The highest BCUT2D eigenvalue weighted by atomic mass is 16.5. The Morgan fingerprint density at radius 2 is 1.35 bits per heavy atom. The van der Waals surface area contributed by atoms with E-state index in [9.17, 15) is 9.59 Å². The second-order valence-corrected chi connectivity index (χ2v) is 6.51. The molecular formula is C26H37NO4. The minimum absolute atomic E-state index is 0.0301. The first-order valence-corrected chi connectivity index (χ1v) is 10.2. The lowest BCUT2D eigenvalue weighted by molar-refractivity contribution is -0.126. The van der Waals surface area contributed by atoms with Gasteiger partial charge in [-0.05, 0) is 38.8 Å². The Morgan fingerprint density at radius 3 is 1.61 bits per heavy atom. The quantitative estimate of drug-likeness (QED) is 0.382. The van der Waals surface area contributed by atoms with Gasteiger partial charge in [0.2, 0.25) is 5.91 Å². The molecular weight excluding hydrogens is 390 g/mol. The van der Waals surface area contributed by atoms with Crippen LogP contribution in [-0.2, 0) is 14.3 Å². The molecule has 0 aromatic heterocycles. The van der Waals surface area contributed by atoms with E-state index in [-0.39, 0.29) is 17.6 Å². The summed E-state index contributed by atoms with van der Waals surface area (Å²) in [5.41, 5.74) is 5.24. The highest BCUT2D eigenvalue weighted by Gasteiger charge is 2.09. The van der Waals surface area contributed by atoms with Crippen molar-refractivity contribution in [1.29, 1.82) is 0 Å². The van der Waals surface area contributed by atoms with Crippen molar-refractivity contribution in [2.75, 3.05) is 14.2 Å². The van der Waals surface area contributed by atoms with E-state index in [2.05, 4.69) is 47.8 Å². The van der Waals surface area contributed by atoms with Gasteiger partial charge in [0.1, 0.15) is 0 Å². The number of carbonyl (C=O) groups excluding carboxylic acids is 3. The second kappa shape index (κ2) is 17.6. The molecule has 0 radical (unpaired) electrons. The fourth-order valence-corrected chi connectivity index (χ4v) is 2.08. The molecule has 5 nitrogen and oxygen atoms in total. The molecule has 0 aliphatic rings. The highest BCUT2D eigenvalue weighted by Crippen LogP contribution is 2.20. The Balaban J connectivity index is 0. The van der Waals surface area contributed by atoms with Crippen LogP contribution in [-0.4, -0.2) is 32.3 Å². The van der Waals surface area contributed by atoms with Crippen LogP contribution < -0.4 is 5.32 Å². The molecule has 0 saturated carbocycles. The Bertz CT molecular complexity index is 793. The van der Waals surface area contributed by atoms with Crippen LogP contribution in [0.5, 0.6) is 0 Å². The van der Waals surface area contributed by atoms with Gasteiger partial charge in [0.25, 0.3) is 6.47 Å². The number of methoxy groups -OCH3 is 1. The predicted molar refractivity (Wildman–Crippen MR) is 129 cm³/mol. The van der Waals surface area contributed by atoms with Crippen molar-refractivity contribution in [2.24, 2.45) is 5.92 Å². The van der Waals surface area contributed by atoms with Crippen molar-refractivity contribution in [1.82, 2.24) is 5.32 Å². The Morgan fingerprint density at radius 1 is 0.968 bits per heavy atom. The first kappa shape index (κ1) is 30.0. The fourth-order valence-electron chi connectivity index (χ4n) is 2.08. The maximum Gasteiger partial charge on any atom is 0.292 e. The molecule has 0 bridgehead atoms. The van der Waals surface area contributed by atoms with Crippen LogP contribution in [0.4, 0.5) is 0 Å². The summed E-state index contributed by atoms with van der Waals surface area (Å²) in [4.78, 5) is 30.9. The molecule has 0 spiro atoms. The molecule has 1 amide bonds. The molecule has 1 N–H and O–H groups in total. The predicted octanol–water partition coefficient (Wildman–Crippen LogP) is 5.62. The van der Waals surface area contributed by atoms with Gasteiger partial charge in [-0.1, -0.05) is 80.1 Å². The van der Waals surface area contributed by atoms with Gasteiger partial charge in [-0.25, -0.2) is 0 Å². The van der Waals surface area contributed by atoms with Gasteiger partial charge in [-0.3, -0.25) is 14.4 Å². The summed E-state index contributed by atoms with van der Waals surface area (Å²) in [6, 6.07) is 16.1. The number of Topliss-reactive ketones (excluding diaryl/α,β-unsaturated/α-hetero) is 1. The third kappa shape index (κ3) is 12.9. The van der Waals surface area contributed by atoms with Crippen LogP contribution in [0.15, 0.2) is 60.7 Å². The number of rotatable bonds is 5. The molecule has 1 unspecified atom stereocenters. The summed E-state index contributed by atoms with van der Waals surface area (Å²) in [7, 11) is 2.94. The van der Waals surface area contributed by atoms with Gasteiger partial charge in [0, 0.05) is 12.6 Å². The largest absolute Gasteiger partial charge is 0.471 e. The van der Waals surface area contributed by atoms with Crippen LogP contribution >= 0.6 is 0 Å². The normalized spacial score (nSPS) is 9.68. The van der Waals surface area contributed by atoms with E-state index in [4.69, 9.17) is 4.79 Å². The van der Waals surface area contributed by atoms with Gasteiger partial charge in [0.15, 0.2) is 5.78 Å². The van der Waals surface area contributed by atoms with Gasteiger partial charge >= 0.3 is 0 Å². The second-order valence-electron chi connectivity index (χ2n) is 6.51. The van der Waals surface area contributed by atoms with E-state index < -0.39 is 0 Å². The smallest absolute Gasteiger partial charge is 0.292 e. The zero-order valence-electron chi connectivity index (χ0n) is 20.1. The van der Waals surface area contributed by atoms with E-state index in [1.54, 1.807) is 14.0 Å². The molecule has 0 fully saturated rings. The summed E-state index contributed by atoms with van der Waals surface area (Å²) in [6.07, 6.45) is 0. The molecule has 1 atom stereocenters. The third-order valence-corrected chi connectivity index (χ3v) is 4.15. The number of ketones is 1. The van der Waals surface area contributed by atoms with Gasteiger partial charge < -0.3 is 10.1 Å². The van der Waals surface area contributed by atoms with Crippen molar-refractivity contribution in [3.63, 3.8) is 0 Å². The number of hydrogen-bond donors (Lipinski definition) is 1. The van der Waals surface area contributed by atoms with Crippen LogP contribution in [0.3, 0.4) is 0 Å². The Kier molecular flexibility index (Phi) is 17.1. The number of hydrogen-bond acceptors (Lipinski definition) is 4. The van der Waals surface area contributed by atoms with E-state index in [0.29, 0.717) is 6.47 Å². The van der Waals surface area contributed by atoms with Crippen LogP contribution in [0.2, 0.25) is 0 Å². The van der Waals surface area contributed by atoms with E-state index in [1.165, 1.54) is 18.2 Å². The number of benzene rings is 2. The van der Waals surface area contributed by atoms with E-state index >= 15 is 0 Å². The van der Waals surface area contributed by atoms with Gasteiger partial charge in [-0.15, -0.1) is 0 Å². The van der Waals surface area contributed by atoms with Crippen molar-refractivity contribution in [3.05, 3.63) is 71.8 Å². The third-order valence-electron chi connectivity index (χ3n) is 4.15. The van der Waals surface area contributed by atoms with Crippen LogP contribution in [0.1, 0.15) is 50.5 Å².